The number of carbonyl (C=O) groups excluding carboxylic acids is 2. The van der Waals surface area contributed by atoms with E-state index in [9.17, 15) is 14.0 Å². The number of hydrogen-bond acceptors (Lipinski definition) is 4. The quantitative estimate of drug-likeness (QED) is 0.114. The van der Waals surface area contributed by atoms with Crippen LogP contribution in [-0.2, 0) is 12.8 Å². The van der Waals surface area contributed by atoms with E-state index < -0.39 is 5.97 Å². The minimum Gasteiger partial charge on any atom is -0.423 e. The van der Waals surface area contributed by atoms with Gasteiger partial charge in [-0.1, -0.05) is 111 Å². The molecule has 0 spiro atoms. The van der Waals surface area contributed by atoms with Crippen LogP contribution in [0.2, 0.25) is 0 Å². The van der Waals surface area contributed by atoms with Gasteiger partial charge in [-0.2, -0.15) is 0 Å². The molecule has 0 amide bonds. The highest BCUT2D eigenvalue weighted by Crippen LogP contribution is 2.24. The van der Waals surface area contributed by atoms with E-state index in [1.165, 1.54) is 22.8 Å². The molecule has 6 rings (SSSR count). The molecular weight excluding hydrogens is 623 g/mol. The van der Waals surface area contributed by atoms with Crippen LogP contribution in [0.1, 0.15) is 63.2 Å². The lowest BCUT2D eigenvalue weighted by molar-refractivity contribution is 0.0725. The Bertz CT molecular complexity index is 2010. The summed E-state index contributed by atoms with van der Waals surface area (Å²) < 4.78 is 24.5. The van der Waals surface area contributed by atoms with Crippen molar-refractivity contribution >= 4 is 11.9 Å². The maximum atomic E-state index is 13.7. The summed E-state index contributed by atoms with van der Waals surface area (Å²) in [5.74, 6) is 0.112. The average Bonchev–Trinajstić information content (AvgIpc) is 3.15. The van der Waals surface area contributed by atoms with E-state index in [1.807, 2.05) is 66.7 Å². The van der Waals surface area contributed by atoms with E-state index >= 15 is 0 Å². The monoisotopic (exact) mass is 664 g/mol. The third-order valence-electron chi connectivity index (χ3n) is 8.35. The number of halogens is 1. The van der Waals surface area contributed by atoms with Crippen molar-refractivity contribution in [1.82, 2.24) is 0 Å². The fourth-order valence-corrected chi connectivity index (χ4v) is 5.25. The lowest BCUT2D eigenvalue weighted by Gasteiger charge is -2.07. The second-order valence-electron chi connectivity index (χ2n) is 12.2. The van der Waals surface area contributed by atoms with Crippen LogP contribution < -0.4 is 9.47 Å². The summed E-state index contributed by atoms with van der Waals surface area (Å²) >= 11 is 0. The van der Waals surface area contributed by atoms with Crippen LogP contribution in [0.3, 0.4) is 0 Å². The number of rotatable bonds is 9. The van der Waals surface area contributed by atoms with Gasteiger partial charge in [0.15, 0.2) is 0 Å². The van der Waals surface area contributed by atoms with Crippen molar-refractivity contribution in [3.8, 4) is 33.8 Å². The molecule has 0 radical (unpaired) electrons. The van der Waals surface area contributed by atoms with Crippen LogP contribution in [0.25, 0.3) is 22.3 Å². The van der Waals surface area contributed by atoms with Gasteiger partial charge in [0, 0.05) is 0 Å². The Balaban J connectivity index is 0.000000194. The van der Waals surface area contributed by atoms with E-state index in [4.69, 9.17) is 9.47 Å². The van der Waals surface area contributed by atoms with Crippen LogP contribution in [0.5, 0.6) is 11.5 Å². The third-order valence-corrected chi connectivity index (χ3v) is 8.35. The van der Waals surface area contributed by atoms with Gasteiger partial charge in [0.05, 0.1) is 11.1 Å². The fraction of sp³-hybridized carbons (Fsp3) is 0.156. The zero-order valence-electron chi connectivity index (χ0n) is 28.9. The molecular formula is C45H41FO4. The summed E-state index contributed by atoms with van der Waals surface area (Å²) in [5.41, 5.74) is 9.13. The maximum absolute atomic E-state index is 13.7. The van der Waals surface area contributed by atoms with Crippen molar-refractivity contribution in [1.29, 1.82) is 0 Å². The Labute approximate surface area is 294 Å². The molecule has 4 nitrogen and oxygen atoms in total. The molecule has 0 aliphatic carbocycles. The van der Waals surface area contributed by atoms with Crippen molar-refractivity contribution in [3.63, 3.8) is 0 Å². The molecule has 6 aromatic carbocycles. The van der Waals surface area contributed by atoms with Crippen LogP contribution in [0.15, 0.2) is 140 Å². The van der Waals surface area contributed by atoms with Gasteiger partial charge >= 0.3 is 11.9 Å². The minimum atomic E-state index is -0.411. The summed E-state index contributed by atoms with van der Waals surface area (Å²) in [6.07, 6.45) is 3.08. The first-order valence-electron chi connectivity index (χ1n) is 16.9. The van der Waals surface area contributed by atoms with Gasteiger partial charge in [0.2, 0.25) is 0 Å². The van der Waals surface area contributed by atoms with Gasteiger partial charge in [0.1, 0.15) is 17.3 Å². The van der Waals surface area contributed by atoms with Gasteiger partial charge in [-0.15, -0.1) is 0 Å². The number of hydrogen-bond donors (Lipinski definition) is 0. The second-order valence-corrected chi connectivity index (χ2v) is 12.2. The van der Waals surface area contributed by atoms with Gasteiger partial charge in [-0.3, -0.25) is 0 Å². The number of ether oxygens (including phenoxy) is 2. The molecule has 0 aliphatic rings. The molecule has 0 atom stereocenters. The molecule has 0 fully saturated rings. The summed E-state index contributed by atoms with van der Waals surface area (Å²) in [5, 5.41) is 0. The highest BCUT2D eigenvalue weighted by Gasteiger charge is 2.11. The van der Waals surface area contributed by atoms with Crippen molar-refractivity contribution in [2.45, 2.75) is 47.0 Å². The molecule has 0 saturated heterocycles. The Kier molecular flexibility index (Phi) is 12.1. The summed E-state index contributed by atoms with van der Waals surface area (Å²) in [6.45, 7) is 8.01. The zero-order valence-corrected chi connectivity index (χ0v) is 28.9. The summed E-state index contributed by atoms with van der Waals surface area (Å²) in [4.78, 5) is 24.5. The number of benzene rings is 6. The van der Waals surface area contributed by atoms with Gasteiger partial charge in [-0.05, 0) is 120 Å². The van der Waals surface area contributed by atoms with Crippen LogP contribution in [-0.4, -0.2) is 11.9 Å². The average molecular weight is 665 g/mol. The molecule has 0 N–H and O–H groups in total. The lowest BCUT2D eigenvalue weighted by Crippen LogP contribution is -2.08. The largest absolute Gasteiger partial charge is 0.423 e. The smallest absolute Gasteiger partial charge is 0.343 e. The van der Waals surface area contributed by atoms with Crippen LogP contribution in [0.4, 0.5) is 4.39 Å². The first-order chi connectivity index (χ1) is 24.2. The molecule has 252 valence electrons. The second kappa shape index (κ2) is 17.0. The van der Waals surface area contributed by atoms with Crippen molar-refractivity contribution in [3.05, 3.63) is 179 Å². The number of esters is 2. The molecule has 0 unspecified atom stereocenters. The predicted molar refractivity (Wildman–Crippen MR) is 199 cm³/mol. The lowest BCUT2D eigenvalue weighted by atomic mass is 10.0. The Hall–Kier alpha value is -5.81. The molecule has 6 aromatic rings. The predicted octanol–water partition coefficient (Wildman–Crippen LogP) is 11.4. The molecule has 50 heavy (non-hydrogen) atoms. The number of carbonyl (C=O) groups is 2. The standard InChI is InChI=1S/C23H22O2.C22H19FO2/c1-3-4-18-7-15-22(16-8-18)25-23(24)21-13-11-20(12-14-21)19-9-5-17(2)6-10-19;1-3-16-5-12-20(13-6-16)25-22(24)18-10-8-17(9-11-18)19-7-4-15(2)21(23)14-19/h5-16H,3-4H2,1-2H3;4-14H,3H2,1-2H3. The van der Waals surface area contributed by atoms with E-state index in [-0.39, 0.29) is 11.8 Å². The normalized spacial score (nSPS) is 10.5. The van der Waals surface area contributed by atoms with Crippen molar-refractivity contribution < 1.29 is 23.5 Å². The topological polar surface area (TPSA) is 52.6 Å². The summed E-state index contributed by atoms with van der Waals surface area (Å²) in [7, 11) is 0. The van der Waals surface area contributed by atoms with Crippen molar-refractivity contribution in [2.24, 2.45) is 0 Å². The van der Waals surface area contributed by atoms with E-state index in [0.29, 0.717) is 28.2 Å². The zero-order chi connectivity index (χ0) is 35.5. The van der Waals surface area contributed by atoms with Gasteiger partial charge < -0.3 is 9.47 Å². The Morgan fingerprint density at radius 1 is 0.520 bits per heavy atom. The van der Waals surface area contributed by atoms with E-state index in [0.717, 1.165) is 41.5 Å². The van der Waals surface area contributed by atoms with Gasteiger partial charge in [-0.25, -0.2) is 14.0 Å². The molecule has 5 heteroatoms. The molecule has 0 heterocycles. The minimum absolute atomic E-state index is 0.239. The number of aryl methyl sites for hydroxylation is 4. The molecule has 0 aromatic heterocycles. The SMILES string of the molecule is CCCc1ccc(OC(=O)c2ccc(-c3ccc(C)cc3)cc2)cc1.CCc1ccc(OC(=O)c2ccc(-c3ccc(C)c(F)c3)cc2)cc1. The summed E-state index contributed by atoms with van der Waals surface area (Å²) in [6, 6.07) is 43.1. The molecule has 0 bridgehead atoms. The van der Waals surface area contributed by atoms with Gasteiger partial charge in [0.25, 0.3) is 0 Å². The Morgan fingerprint density at radius 2 is 0.940 bits per heavy atom. The first-order valence-corrected chi connectivity index (χ1v) is 16.9. The van der Waals surface area contributed by atoms with E-state index in [1.54, 1.807) is 49.4 Å². The van der Waals surface area contributed by atoms with Crippen LogP contribution in [0, 0.1) is 19.7 Å². The Morgan fingerprint density at radius 3 is 1.38 bits per heavy atom. The first kappa shape index (κ1) is 35.5. The maximum Gasteiger partial charge on any atom is 0.343 e. The van der Waals surface area contributed by atoms with E-state index in [2.05, 4.69) is 45.0 Å². The highest BCUT2D eigenvalue weighted by atomic mass is 19.1. The fourth-order valence-electron chi connectivity index (χ4n) is 5.25. The van der Waals surface area contributed by atoms with Crippen LogP contribution >= 0.6 is 0 Å². The van der Waals surface area contributed by atoms with Crippen molar-refractivity contribution in [2.75, 3.05) is 0 Å². The third kappa shape index (κ3) is 9.64. The molecule has 0 aliphatic heterocycles. The molecule has 0 saturated carbocycles. The highest BCUT2D eigenvalue weighted by molar-refractivity contribution is 5.92.